The summed E-state index contributed by atoms with van der Waals surface area (Å²) < 4.78 is 14.0. The number of nitrogens with zero attached hydrogens (tertiary/aromatic N) is 4. The summed E-state index contributed by atoms with van der Waals surface area (Å²) in [5.74, 6) is 1.75. The molecule has 0 saturated heterocycles. The van der Waals surface area contributed by atoms with Gasteiger partial charge in [0.15, 0.2) is 0 Å². The van der Waals surface area contributed by atoms with Gasteiger partial charge in [0.25, 0.3) is 6.71 Å². The van der Waals surface area contributed by atoms with Gasteiger partial charge in [0.2, 0.25) is 0 Å². The van der Waals surface area contributed by atoms with E-state index in [0.29, 0.717) is 0 Å². The van der Waals surface area contributed by atoms with Crippen molar-refractivity contribution in [2.24, 2.45) is 0 Å². The van der Waals surface area contributed by atoms with Crippen LogP contribution in [0.3, 0.4) is 0 Å². The van der Waals surface area contributed by atoms with Crippen LogP contribution in [0.5, 0.6) is 0 Å². The predicted molar refractivity (Wildman–Crippen MR) is 416 cm³/mol. The summed E-state index contributed by atoms with van der Waals surface area (Å²) in [4.78, 5) is 10.6. The molecule has 14 aromatic rings. The van der Waals surface area contributed by atoms with E-state index < -0.39 is 0 Å². The van der Waals surface area contributed by atoms with Crippen molar-refractivity contribution in [2.45, 2.75) is 93.9 Å². The lowest BCUT2D eigenvalue weighted by Gasteiger charge is -2.46. The van der Waals surface area contributed by atoms with E-state index in [1.165, 1.54) is 101 Å². The summed E-state index contributed by atoms with van der Waals surface area (Å²) in [5.41, 5.74) is 37.3. The topological polar surface area (TPSA) is 39.2 Å². The number of furan rings is 2. The smallest absolute Gasteiger partial charge is 0.421 e. The number of aryl methyl sites for hydroxylation is 6. The number of anilines is 10. The SMILES string of the molecule is Cc1cc2c3c(c1)N(c1c(C)cc(-c4oc5ccccc5c4-c4ccccc4)cc1C)c1cc4c(cc1B3c1ccc(C(C)(C)C)cc1N2c1c(C)cc(-c2oc3ccccc3c2-c2ccccc2)cc1C)N(c1ccccc1)B1c2c(C)cc(C(C)(C)C)cc2-c2ccccc2N14. The monoisotopic (exact) mass is 1270 g/mol. The maximum absolute atomic E-state index is 7.02. The largest absolute Gasteiger partial charge is 0.455 e. The molecule has 0 amide bonds. The summed E-state index contributed by atoms with van der Waals surface area (Å²) in [6.07, 6.45) is 0. The van der Waals surface area contributed by atoms with E-state index >= 15 is 0 Å². The molecule has 0 spiro atoms. The number of para-hydroxylation sites is 4. The maximum Gasteiger partial charge on any atom is 0.421 e. The van der Waals surface area contributed by atoms with Gasteiger partial charge in [-0.15, -0.1) is 0 Å². The Morgan fingerprint density at radius 3 is 1.35 bits per heavy atom. The first kappa shape index (κ1) is 59.5. The number of hydrogen-bond donors (Lipinski definition) is 0. The van der Waals surface area contributed by atoms with E-state index in [1.807, 2.05) is 0 Å². The lowest BCUT2D eigenvalue weighted by atomic mass is 9.33. The molecule has 0 saturated carbocycles. The van der Waals surface area contributed by atoms with E-state index in [9.17, 15) is 0 Å². The summed E-state index contributed by atoms with van der Waals surface area (Å²) in [6, 6.07) is 90.7. The molecular formula is C90H76B2N4O2. The molecule has 4 aliphatic heterocycles. The summed E-state index contributed by atoms with van der Waals surface area (Å²) in [5, 5.41) is 2.21. The van der Waals surface area contributed by atoms with Crippen LogP contribution in [0.15, 0.2) is 251 Å². The fraction of sp³-hybridized carbons (Fsp3) is 0.156. The zero-order valence-corrected chi connectivity index (χ0v) is 57.9. The quantitative estimate of drug-likeness (QED) is 0.148. The van der Waals surface area contributed by atoms with Crippen LogP contribution in [-0.2, 0) is 10.8 Å². The predicted octanol–water partition coefficient (Wildman–Crippen LogP) is 22.0. The fourth-order valence-corrected chi connectivity index (χ4v) is 17.1. The molecule has 0 aliphatic carbocycles. The van der Waals surface area contributed by atoms with Gasteiger partial charge < -0.3 is 28.3 Å². The molecule has 474 valence electrons. The van der Waals surface area contributed by atoms with Gasteiger partial charge in [-0.2, -0.15) is 0 Å². The van der Waals surface area contributed by atoms with Crippen LogP contribution >= 0.6 is 0 Å². The van der Waals surface area contributed by atoms with E-state index in [-0.39, 0.29) is 24.5 Å². The number of rotatable bonds is 7. The Bertz CT molecular complexity index is 5610. The average Bonchev–Trinajstić information content (AvgIpc) is 1.17. The molecule has 4 aliphatic rings. The van der Waals surface area contributed by atoms with E-state index in [0.717, 1.165) is 100 Å². The normalized spacial score (nSPS) is 13.6. The van der Waals surface area contributed by atoms with Crippen LogP contribution in [0.25, 0.3) is 78.0 Å². The van der Waals surface area contributed by atoms with E-state index in [4.69, 9.17) is 8.83 Å². The van der Waals surface area contributed by atoms with Gasteiger partial charge in [-0.3, -0.25) is 0 Å². The second kappa shape index (κ2) is 21.8. The summed E-state index contributed by atoms with van der Waals surface area (Å²) >= 11 is 0. The molecule has 12 aromatic carbocycles. The molecule has 8 heteroatoms. The fourth-order valence-electron chi connectivity index (χ4n) is 17.1. The molecular weight excluding hydrogens is 1190 g/mol. The van der Waals surface area contributed by atoms with Gasteiger partial charge in [0.05, 0.1) is 22.7 Å². The maximum atomic E-state index is 7.02. The van der Waals surface area contributed by atoms with Gasteiger partial charge >= 0.3 is 6.98 Å². The first-order valence-corrected chi connectivity index (χ1v) is 34.7. The van der Waals surface area contributed by atoms with Crippen molar-refractivity contribution < 1.29 is 8.83 Å². The third-order valence-electron chi connectivity index (χ3n) is 21.5. The Morgan fingerprint density at radius 2 is 0.806 bits per heavy atom. The second-order valence-electron chi connectivity index (χ2n) is 30.0. The molecule has 18 rings (SSSR count). The average molecular weight is 1270 g/mol. The van der Waals surface area contributed by atoms with E-state index in [1.54, 1.807) is 0 Å². The van der Waals surface area contributed by atoms with Gasteiger partial charge in [-0.1, -0.05) is 205 Å². The third-order valence-corrected chi connectivity index (χ3v) is 21.5. The summed E-state index contributed by atoms with van der Waals surface area (Å²) in [6.45, 7) is 27.6. The zero-order valence-electron chi connectivity index (χ0n) is 57.9. The zero-order chi connectivity index (χ0) is 66.9. The van der Waals surface area contributed by atoms with Crippen LogP contribution in [0, 0.1) is 41.5 Å². The van der Waals surface area contributed by atoms with Gasteiger partial charge in [0, 0.05) is 72.7 Å². The van der Waals surface area contributed by atoms with Crippen molar-refractivity contribution in [2.75, 3.05) is 19.4 Å². The molecule has 0 bridgehead atoms. The van der Waals surface area contributed by atoms with Crippen LogP contribution in [-0.4, -0.2) is 13.7 Å². The molecule has 6 nitrogen and oxygen atoms in total. The van der Waals surface area contributed by atoms with Crippen LogP contribution in [0.1, 0.15) is 86.1 Å². The number of hydrogen-bond acceptors (Lipinski definition) is 6. The van der Waals surface area contributed by atoms with Crippen molar-refractivity contribution >= 4 is 114 Å². The summed E-state index contributed by atoms with van der Waals surface area (Å²) in [7, 11) is 0. The highest BCUT2D eigenvalue weighted by Crippen LogP contribution is 2.57. The molecule has 0 radical (unpaired) electrons. The third kappa shape index (κ3) is 8.95. The standard InChI is InChI=1S/C90H76B2N4O2/c1-53-42-77-84-78(43-53)94(86-57(5)46-62(47-58(86)6)88-82(60-30-18-14-19-31-60)68-36-24-27-39-80(68)98-88)74-52-76-75(95(65-32-20-15-21-33-65)92-83-54(2)48-64(90(10,11)12)49-69(83)66-34-22-25-37-72(66)96(76)92)51-71(74)91(84)70-41-40-63(89(7,8)9)50-73(70)93(77)85-55(3)44-61(45-56(85)4)87-81(59-28-16-13-17-29-59)67-35-23-26-38-79(67)97-87/h13-52H,1-12H3. The Hall–Kier alpha value is -11.0. The minimum absolute atomic E-state index is 0.0501. The van der Waals surface area contributed by atoms with Crippen molar-refractivity contribution in [3.63, 3.8) is 0 Å². The Balaban J connectivity index is 0.916. The van der Waals surface area contributed by atoms with E-state index in [2.05, 4.69) is 345 Å². The minimum atomic E-state index is -0.185. The van der Waals surface area contributed by atoms with Crippen molar-refractivity contribution in [1.29, 1.82) is 0 Å². The van der Waals surface area contributed by atoms with Crippen molar-refractivity contribution in [3.8, 4) is 56.0 Å². The van der Waals surface area contributed by atoms with Crippen LogP contribution in [0.4, 0.5) is 56.9 Å². The number of fused-ring (bicyclic) bond motifs is 14. The Morgan fingerprint density at radius 1 is 0.327 bits per heavy atom. The molecule has 98 heavy (non-hydrogen) atoms. The highest BCUT2D eigenvalue weighted by molar-refractivity contribution is 7.00. The molecule has 0 fully saturated rings. The van der Waals surface area contributed by atoms with Gasteiger partial charge in [0.1, 0.15) is 22.7 Å². The first-order chi connectivity index (χ1) is 47.4. The Labute approximate surface area is 576 Å². The minimum Gasteiger partial charge on any atom is -0.455 e. The highest BCUT2D eigenvalue weighted by Gasteiger charge is 2.52. The highest BCUT2D eigenvalue weighted by atomic mass is 16.3. The first-order valence-electron chi connectivity index (χ1n) is 34.7. The molecule has 0 N–H and O–H groups in total. The molecule has 0 unspecified atom stereocenters. The van der Waals surface area contributed by atoms with Crippen LogP contribution in [0.2, 0.25) is 0 Å². The van der Waals surface area contributed by atoms with Crippen molar-refractivity contribution in [3.05, 3.63) is 287 Å². The van der Waals surface area contributed by atoms with Gasteiger partial charge in [-0.25, -0.2) is 0 Å². The Kier molecular flexibility index (Phi) is 13.2. The second-order valence-corrected chi connectivity index (χ2v) is 30.0. The molecule has 0 atom stereocenters. The molecule has 6 heterocycles. The van der Waals surface area contributed by atoms with Gasteiger partial charge in [-0.05, 0) is 215 Å². The molecule has 2 aromatic heterocycles. The number of benzene rings is 12. The lowest BCUT2D eigenvalue weighted by Crippen LogP contribution is -2.61. The van der Waals surface area contributed by atoms with Crippen molar-refractivity contribution in [1.82, 2.24) is 0 Å². The lowest BCUT2D eigenvalue weighted by molar-refractivity contribution is 0.590. The van der Waals surface area contributed by atoms with Crippen LogP contribution < -0.4 is 41.3 Å².